The molecule has 0 aromatic heterocycles. The molecule has 0 unspecified atom stereocenters. The molecule has 32 heavy (non-hydrogen) atoms. The Morgan fingerprint density at radius 1 is 1.00 bits per heavy atom. The number of ether oxygens (including phenoxy) is 2. The molecule has 3 rings (SSSR count). The fraction of sp³-hybridized carbons (Fsp3) is 0.440. The van der Waals surface area contributed by atoms with Gasteiger partial charge in [0.1, 0.15) is 11.5 Å². The molecular weight excluding hydrogens is 406 g/mol. The number of hydrogen-bond acceptors (Lipinski definition) is 5. The first-order valence-corrected chi connectivity index (χ1v) is 10.9. The third-order valence-electron chi connectivity index (χ3n) is 5.56. The van der Waals surface area contributed by atoms with Crippen molar-refractivity contribution >= 4 is 17.5 Å². The lowest BCUT2D eigenvalue weighted by Gasteiger charge is -2.32. The Kier molecular flexibility index (Phi) is 7.40. The van der Waals surface area contributed by atoms with Gasteiger partial charge >= 0.3 is 0 Å². The van der Waals surface area contributed by atoms with E-state index in [4.69, 9.17) is 9.47 Å². The second-order valence-corrected chi connectivity index (χ2v) is 9.09. The number of para-hydroxylation sites is 1. The Balaban J connectivity index is 1.69. The number of methoxy groups -OCH3 is 1. The molecule has 1 saturated heterocycles. The summed E-state index contributed by atoms with van der Waals surface area (Å²) in [7, 11) is 3.58. The molecule has 0 atom stereocenters. The van der Waals surface area contributed by atoms with E-state index < -0.39 is 0 Å². The molecule has 1 heterocycles. The van der Waals surface area contributed by atoms with Crippen molar-refractivity contribution in [3.63, 3.8) is 0 Å². The highest BCUT2D eigenvalue weighted by Crippen LogP contribution is 2.31. The first kappa shape index (κ1) is 23.6. The zero-order valence-electron chi connectivity index (χ0n) is 19.6. The third kappa shape index (κ3) is 5.79. The molecule has 172 valence electrons. The summed E-state index contributed by atoms with van der Waals surface area (Å²) < 4.78 is 11.2. The van der Waals surface area contributed by atoms with Gasteiger partial charge in [-0.15, -0.1) is 0 Å². The van der Waals surface area contributed by atoms with Gasteiger partial charge in [-0.2, -0.15) is 0 Å². The average Bonchev–Trinajstić information content (AvgIpc) is 2.77. The molecule has 7 heteroatoms. The van der Waals surface area contributed by atoms with Gasteiger partial charge in [-0.1, -0.05) is 39.0 Å². The zero-order chi connectivity index (χ0) is 23.3. The van der Waals surface area contributed by atoms with Crippen LogP contribution in [0.1, 0.15) is 36.7 Å². The molecule has 0 radical (unpaired) electrons. The van der Waals surface area contributed by atoms with E-state index in [2.05, 4.69) is 31.0 Å². The van der Waals surface area contributed by atoms with Gasteiger partial charge < -0.3 is 24.6 Å². The Labute approximate surface area is 190 Å². The Bertz CT molecular complexity index is 960. The van der Waals surface area contributed by atoms with Gasteiger partial charge in [0.15, 0.2) is 6.61 Å². The minimum atomic E-state index is -0.323. The van der Waals surface area contributed by atoms with Crippen LogP contribution in [0.2, 0.25) is 0 Å². The number of rotatable bonds is 6. The van der Waals surface area contributed by atoms with Crippen molar-refractivity contribution in [1.82, 2.24) is 9.80 Å². The molecule has 7 nitrogen and oxygen atoms in total. The van der Waals surface area contributed by atoms with Crippen LogP contribution in [0.3, 0.4) is 0 Å². The van der Waals surface area contributed by atoms with Crippen molar-refractivity contribution < 1.29 is 19.1 Å². The van der Waals surface area contributed by atoms with Crippen LogP contribution in [0.5, 0.6) is 11.5 Å². The molecule has 1 N–H and O–H groups in total. The van der Waals surface area contributed by atoms with Crippen LogP contribution < -0.4 is 14.8 Å². The minimum absolute atomic E-state index is 0.0494. The molecule has 0 saturated carbocycles. The fourth-order valence-corrected chi connectivity index (χ4v) is 3.67. The Hall–Kier alpha value is -3.06. The molecule has 0 spiro atoms. The summed E-state index contributed by atoms with van der Waals surface area (Å²) in [5.41, 5.74) is 1.90. The van der Waals surface area contributed by atoms with E-state index in [-0.39, 0.29) is 23.8 Å². The second-order valence-electron chi connectivity index (χ2n) is 9.09. The number of piperazine rings is 1. The van der Waals surface area contributed by atoms with Gasteiger partial charge in [0.25, 0.3) is 11.8 Å². The number of carbonyl (C=O) groups is 2. The first-order chi connectivity index (χ1) is 15.2. The third-order valence-corrected chi connectivity index (χ3v) is 5.56. The fourth-order valence-electron chi connectivity index (χ4n) is 3.67. The quantitative estimate of drug-likeness (QED) is 0.747. The van der Waals surface area contributed by atoms with E-state index in [0.717, 1.165) is 18.7 Å². The normalized spacial score (nSPS) is 14.7. The summed E-state index contributed by atoms with van der Waals surface area (Å²) in [6, 6.07) is 12.8. The number of carbonyl (C=O) groups excluding carboxylic acids is 2. The predicted molar refractivity (Wildman–Crippen MR) is 126 cm³/mol. The van der Waals surface area contributed by atoms with Crippen molar-refractivity contribution in [1.29, 1.82) is 0 Å². The summed E-state index contributed by atoms with van der Waals surface area (Å²) in [5.74, 6) is 0.798. The number of likely N-dealkylation sites (N-methyl/N-ethyl adjacent to an activating group) is 1. The number of amides is 2. The van der Waals surface area contributed by atoms with E-state index in [1.165, 1.54) is 7.11 Å². The maximum Gasteiger partial charge on any atom is 0.262 e. The molecule has 0 bridgehead atoms. The average molecular weight is 440 g/mol. The lowest BCUT2D eigenvalue weighted by atomic mass is 9.86. The summed E-state index contributed by atoms with van der Waals surface area (Å²) in [6.07, 6.45) is 0. The lowest BCUT2D eigenvalue weighted by Crippen LogP contribution is -2.47. The van der Waals surface area contributed by atoms with Gasteiger partial charge in [0.2, 0.25) is 0 Å². The predicted octanol–water partition coefficient (Wildman–Crippen LogP) is 3.40. The second kappa shape index (κ2) is 10.0. The molecule has 2 aromatic rings. The molecule has 2 aromatic carbocycles. The maximum atomic E-state index is 12.9. The lowest BCUT2D eigenvalue weighted by molar-refractivity contribution is -0.118. The molecule has 2 amide bonds. The minimum Gasteiger partial charge on any atom is -0.495 e. The summed E-state index contributed by atoms with van der Waals surface area (Å²) in [4.78, 5) is 29.6. The largest absolute Gasteiger partial charge is 0.495 e. The van der Waals surface area contributed by atoms with E-state index in [1.807, 2.05) is 36.2 Å². The highest BCUT2D eigenvalue weighted by atomic mass is 16.5. The molecule has 1 aliphatic heterocycles. The van der Waals surface area contributed by atoms with E-state index in [1.54, 1.807) is 18.2 Å². The Morgan fingerprint density at radius 2 is 1.69 bits per heavy atom. The summed E-state index contributed by atoms with van der Waals surface area (Å²) in [6.45, 7) is 9.22. The van der Waals surface area contributed by atoms with Crippen LogP contribution in [-0.2, 0) is 10.2 Å². The van der Waals surface area contributed by atoms with Gasteiger partial charge in [-0.05, 0) is 42.3 Å². The van der Waals surface area contributed by atoms with E-state index in [0.29, 0.717) is 35.8 Å². The number of anilines is 1. The summed E-state index contributed by atoms with van der Waals surface area (Å²) in [5, 5.41) is 2.83. The number of benzene rings is 2. The van der Waals surface area contributed by atoms with E-state index in [9.17, 15) is 9.59 Å². The highest BCUT2D eigenvalue weighted by Gasteiger charge is 2.22. The van der Waals surface area contributed by atoms with Crippen LogP contribution in [0.25, 0.3) is 0 Å². The standard InChI is InChI=1S/C25H33N3O4/c1-25(2,3)19-8-6-7-9-21(19)32-17-23(29)26-20-16-18(10-11-22(20)31-5)24(30)28-14-12-27(4)13-15-28/h6-11,16H,12-15,17H2,1-5H3,(H,26,29). The van der Waals surface area contributed by atoms with Gasteiger partial charge in [-0.25, -0.2) is 0 Å². The van der Waals surface area contributed by atoms with Crippen LogP contribution in [-0.4, -0.2) is 68.6 Å². The first-order valence-electron chi connectivity index (χ1n) is 10.9. The van der Waals surface area contributed by atoms with Crippen LogP contribution in [0.4, 0.5) is 5.69 Å². The van der Waals surface area contributed by atoms with Crippen molar-refractivity contribution in [3.8, 4) is 11.5 Å². The smallest absolute Gasteiger partial charge is 0.262 e. The SMILES string of the molecule is COc1ccc(C(=O)N2CCN(C)CC2)cc1NC(=O)COc1ccccc1C(C)(C)C. The maximum absolute atomic E-state index is 12.9. The van der Waals surface area contributed by atoms with Crippen molar-refractivity contribution in [2.75, 3.05) is 52.3 Å². The monoisotopic (exact) mass is 439 g/mol. The number of nitrogens with one attached hydrogen (secondary N) is 1. The highest BCUT2D eigenvalue weighted by molar-refractivity contribution is 5.98. The van der Waals surface area contributed by atoms with Crippen molar-refractivity contribution in [3.05, 3.63) is 53.6 Å². The van der Waals surface area contributed by atoms with Gasteiger partial charge in [0, 0.05) is 31.7 Å². The Morgan fingerprint density at radius 3 is 2.34 bits per heavy atom. The van der Waals surface area contributed by atoms with Gasteiger partial charge in [0.05, 0.1) is 12.8 Å². The molecule has 0 aliphatic carbocycles. The topological polar surface area (TPSA) is 71.1 Å². The molecule has 1 fully saturated rings. The van der Waals surface area contributed by atoms with Crippen molar-refractivity contribution in [2.45, 2.75) is 26.2 Å². The molecular formula is C25H33N3O4. The number of hydrogen-bond donors (Lipinski definition) is 1. The van der Waals surface area contributed by atoms with Crippen LogP contribution >= 0.6 is 0 Å². The summed E-state index contributed by atoms with van der Waals surface area (Å²) >= 11 is 0. The van der Waals surface area contributed by atoms with Crippen LogP contribution in [0, 0.1) is 0 Å². The van der Waals surface area contributed by atoms with Gasteiger partial charge in [-0.3, -0.25) is 9.59 Å². The zero-order valence-corrected chi connectivity index (χ0v) is 19.6. The van der Waals surface area contributed by atoms with Crippen molar-refractivity contribution in [2.24, 2.45) is 0 Å². The number of nitrogens with zero attached hydrogens (tertiary/aromatic N) is 2. The molecule has 1 aliphatic rings. The van der Waals surface area contributed by atoms with Crippen LogP contribution in [0.15, 0.2) is 42.5 Å². The van der Waals surface area contributed by atoms with E-state index >= 15 is 0 Å².